The smallest absolute Gasteiger partial charge is 0.356 e. The fourth-order valence-corrected chi connectivity index (χ4v) is 1.12. The quantitative estimate of drug-likeness (QED) is 0.703. The SMILES string of the molecule is CCn1cnc(C(F)F)c1C(=O)OC. The van der Waals surface area contributed by atoms with Gasteiger partial charge in [-0.3, -0.25) is 0 Å². The van der Waals surface area contributed by atoms with E-state index in [0.29, 0.717) is 6.54 Å². The molecule has 0 radical (unpaired) electrons. The van der Waals surface area contributed by atoms with Crippen LogP contribution in [0, 0.1) is 0 Å². The molecule has 78 valence electrons. The number of aryl methyl sites for hydroxylation is 1. The van der Waals surface area contributed by atoms with E-state index >= 15 is 0 Å². The summed E-state index contributed by atoms with van der Waals surface area (Å²) in [6, 6.07) is 0. The van der Waals surface area contributed by atoms with E-state index in [0.717, 1.165) is 7.11 Å². The molecule has 0 aliphatic heterocycles. The number of halogens is 2. The molecule has 1 heterocycles. The Bertz CT molecular complexity index is 336. The van der Waals surface area contributed by atoms with Crippen LogP contribution in [0.4, 0.5) is 8.78 Å². The third kappa shape index (κ3) is 1.73. The Morgan fingerprint density at radius 3 is 2.79 bits per heavy atom. The molecular weight excluding hydrogens is 194 g/mol. The van der Waals surface area contributed by atoms with Gasteiger partial charge in [0.25, 0.3) is 6.43 Å². The fraction of sp³-hybridized carbons (Fsp3) is 0.500. The number of nitrogens with zero attached hydrogens (tertiary/aromatic N) is 2. The highest BCUT2D eigenvalue weighted by Crippen LogP contribution is 2.21. The lowest BCUT2D eigenvalue weighted by molar-refractivity contribution is 0.0575. The molecule has 0 N–H and O–H groups in total. The Hall–Kier alpha value is -1.46. The van der Waals surface area contributed by atoms with E-state index < -0.39 is 18.1 Å². The van der Waals surface area contributed by atoms with Crippen molar-refractivity contribution in [2.24, 2.45) is 0 Å². The molecule has 4 nitrogen and oxygen atoms in total. The second-order valence-corrected chi connectivity index (χ2v) is 2.56. The van der Waals surface area contributed by atoms with Crippen molar-refractivity contribution in [2.75, 3.05) is 7.11 Å². The van der Waals surface area contributed by atoms with E-state index in [1.165, 1.54) is 10.9 Å². The molecule has 0 atom stereocenters. The summed E-state index contributed by atoms with van der Waals surface area (Å²) in [5.74, 6) is -0.792. The first-order valence-corrected chi connectivity index (χ1v) is 4.03. The van der Waals surface area contributed by atoms with Crippen molar-refractivity contribution in [1.29, 1.82) is 0 Å². The van der Waals surface area contributed by atoms with Crippen molar-refractivity contribution in [3.63, 3.8) is 0 Å². The second-order valence-electron chi connectivity index (χ2n) is 2.56. The average molecular weight is 204 g/mol. The maximum Gasteiger partial charge on any atom is 0.356 e. The van der Waals surface area contributed by atoms with Crippen LogP contribution in [0.15, 0.2) is 6.33 Å². The molecule has 0 aromatic carbocycles. The number of methoxy groups -OCH3 is 1. The van der Waals surface area contributed by atoms with Crippen LogP contribution >= 0.6 is 0 Å². The molecule has 14 heavy (non-hydrogen) atoms. The first-order chi connectivity index (χ1) is 6.61. The van der Waals surface area contributed by atoms with Gasteiger partial charge in [-0.05, 0) is 6.92 Å². The number of carbonyl (C=O) groups is 1. The second kappa shape index (κ2) is 4.17. The van der Waals surface area contributed by atoms with Gasteiger partial charge in [0, 0.05) is 6.54 Å². The zero-order valence-electron chi connectivity index (χ0n) is 7.83. The van der Waals surface area contributed by atoms with Crippen LogP contribution in [0.2, 0.25) is 0 Å². The van der Waals surface area contributed by atoms with E-state index in [1.54, 1.807) is 6.92 Å². The van der Waals surface area contributed by atoms with Crippen LogP contribution in [-0.2, 0) is 11.3 Å². The number of esters is 1. The van der Waals surface area contributed by atoms with E-state index in [-0.39, 0.29) is 5.69 Å². The molecule has 0 aliphatic rings. The standard InChI is InChI=1S/C8H10F2N2O2/c1-3-12-4-11-5(7(9)10)6(12)8(13)14-2/h4,7H,3H2,1-2H3. The maximum atomic E-state index is 12.4. The number of carbonyl (C=O) groups excluding carboxylic acids is 1. The number of ether oxygens (including phenoxy) is 1. The molecule has 1 rings (SSSR count). The third-order valence-electron chi connectivity index (χ3n) is 1.79. The van der Waals surface area contributed by atoms with E-state index in [2.05, 4.69) is 9.72 Å². The predicted molar refractivity (Wildman–Crippen MR) is 44.2 cm³/mol. The molecule has 0 amide bonds. The van der Waals surface area contributed by atoms with Crippen molar-refractivity contribution in [3.8, 4) is 0 Å². The summed E-state index contributed by atoms with van der Waals surface area (Å²) in [4.78, 5) is 14.6. The lowest BCUT2D eigenvalue weighted by Crippen LogP contribution is -2.11. The van der Waals surface area contributed by atoms with Crippen molar-refractivity contribution < 1.29 is 18.3 Å². The van der Waals surface area contributed by atoms with Gasteiger partial charge in [0.1, 0.15) is 5.69 Å². The Kier molecular flexibility index (Phi) is 3.16. The lowest BCUT2D eigenvalue weighted by atomic mass is 10.3. The predicted octanol–water partition coefficient (Wildman–Crippen LogP) is 1.63. The largest absolute Gasteiger partial charge is 0.464 e. The Labute approximate surface area is 79.5 Å². The fourth-order valence-electron chi connectivity index (χ4n) is 1.12. The molecular formula is C8H10F2N2O2. The number of hydrogen-bond donors (Lipinski definition) is 0. The minimum Gasteiger partial charge on any atom is -0.464 e. The number of rotatable bonds is 3. The minimum absolute atomic E-state index is 0.176. The summed E-state index contributed by atoms with van der Waals surface area (Å²) in [7, 11) is 1.14. The van der Waals surface area contributed by atoms with E-state index in [4.69, 9.17) is 0 Å². The topological polar surface area (TPSA) is 44.1 Å². The summed E-state index contributed by atoms with van der Waals surface area (Å²) in [5, 5.41) is 0. The van der Waals surface area contributed by atoms with Crippen molar-refractivity contribution >= 4 is 5.97 Å². The highest BCUT2D eigenvalue weighted by Gasteiger charge is 2.24. The van der Waals surface area contributed by atoms with E-state index in [9.17, 15) is 13.6 Å². The zero-order chi connectivity index (χ0) is 10.7. The lowest BCUT2D eigenvalue weighted by Gasteiger charge is -2.04. The van der Waals surface area contributed by atoms with Crippen LogP contribution in [0.1, 0.15) is 29.5 Å². The first-order valence-electron chi connectivity index (χ1n) is 4.03. The summed E-state index contributed by atoms with van der Waals surface area (Å²) in [5.41, 5.74) is -0.705. The van der Waals surface area contributed by atoms with Crippen LogP contribution in [0.3, 0.4) is 0 Å². The van der Waals surface area contributed by atoms with Gasteiger partial charge in [-0.15, -0.1) is 0 Å². The number of imidazole rings is 1. The third-order valence-corrected chi connectivity index (χ3v) is 1.79. The van der Waals surface area contributed by atoms with Gasteiger partial charge in [0.05, 0.1) is 13.4 Å². The minimum atomic E-state index is -2.77. The van der Waals surface area contributed by atoms with Crippen LogP contribution in [-0.4, -0.2) is 22.6 Å². The average Bonchev–Trinajstić information content (AvgIpc) is 2.59. The highest BCUT2D eigenvalue weighted by atomic mass is 19.3. The normalized spacial score (nSPS) is 10.6. The monoisotopic (exact) mass is 204 g/mol. The van der Waals surface area contributed by atoms with Crippen molar-refractivity contribution in [3.05, 3.63) is 17.7 Å². The number of aromatic nitrogens is 2. The van der Waals surface area contributed by atoms with Crippen LogP contribution in [0.5, 0.6) is 0 Å². The molecule has 0 saturated heterocycles. The van der Waals surface area contributed by atoms with Crippen molar-refractivity contribution in [2.45, 2.75) is 19.9 Å². The summed E-state index contributed by atoms with van der Waals surface area (Å²) < 4.78 is 30.5. The summed E-state index contributed by atoms with van der Waals surface area (Å²) >= 11 is 0. The molecule has 0 spiro atoms. The van der Waals surface area contributed by atoms with Crippen LogP contribution in [0.25, 0.3) is 0 Å². The molecule has 0 aliphatic carbocycles. The van der Waals surface area contributed by atoms with Gasteiger partial charge in [0.2, 0.25) is 0 Å². The number of hydrogen-bond acceptors (Lipinski definition) is 3. The van der Waals surface area contributed by atoms with Crippen molar-refractivity contribution in [1.82, 2.24) is 9.55 Å². The van der Waals surface area contributed by atoms with Gasteiger partial charge in [0.15, 0.2) is 5.69 Å². The van der Waals surface area contributed by atoms with Crippen LogP contribution < -0.4 is 0 Å². The van der Waals surface area contributed by atoms with Gasteiger partial charge >= 0.3 is 5.97 Å². The van der Waals surface area contributed by atoms with Gasteiger partial charge in [-0.1, -0.05) is 0 Å². The molecule has 6 heteroatoms. The Morgan fingerprint density at radius 2 is 2.36 bits per heavy atom. The molecule has 0 unspecified atom stereocenters. The van der Waals surface area contributed by atoms with Gasteiger partial charge in [-0.2, -0.15) is 0 Å². The molecule has 1 aromatic rings. The summed E-state index contributed by atoms with van der Waals surface area (Å²) in [6.07, 6.45) is -1.56. The maximum absolute atomic E-state index is 12.4. The summed E-state index contributed by atoms with van der Waals surface area (Å²) in [6.45, 7) is 2.12. The first kappa shape index (κ1) is 10.6. The molecule has 0 saturated carbocycles. The van der Waals surface area contributed by atoms with Gasteiger partial charge in [-0.25, -0.2) is 18.6 Å². The van der Waals surface area contributed by atoms with E-state index in [1.807, 2.05) is 0 Å². The number of alkyl halides is 2. The molecule has 0 fully saturated rings. The molecule has 1 aromatic heterocycles. The Morgan fingerprint density at radius 1 is 1.71 bits per heavy atom. The van der Waals surface area contributed by atoms with Gasteiger partial charge < -0.3 is 9.30 Å². The Balaban J connectivity index is 3.19. The highest BCUT2D eigenvalue weighted by molar-refractivity contribution is 5.88. The molecule has 0 bridgehead atoms. The zero-order valence-corrected chi connectivity index (χ0v) is 7.83.